The molecule has 0 aromatic rings. The zero-order valence-corrected chi connectivity index (χ0v) is 10.7. The second-order valence-electron chi connectivity index (χ2n) is 4.09. The first-order chi connectivity index (χ1) is 7.60. The van der Waals surface area contributed by atoms with Crippen LogP contribution in [0, 0.1) is 5.92 Å². The molecule has 1 saturated heterocycles. The second-order valence-corrected chi connectivity index (χ2v) is 6.18. The lowest BCUT2D eigenvalue weighted by atomic mass is 9.99. The fourth-order valence-electron chi connectivity index (χ4n) is 1.86. The Morgan fingerprint density at radius 1 is 1.38 bits per heavy atom. The Hall–Kier alpha value is -0.170. The Morgan fingerprint density at radius 2 is 2.00 bits per heavy atom. The minimum absolute atomic E-state index is 0.0914. The van der Waals surface area contributed by atoms with Gasteiger partial charge in [0.2, 0.25) is 10.0 Å². The Morgan fingerprint density at radius 3 is 2.50 bits per heavy atom. The fraction of sp³-hybridized carbons (Fsp3) is 1.00. The molecule has 0 saturated carbocycles. The van der Waals surface area contributed by atoms with Crippen molar-refractivity contribution in [1.29, 1.82) is 0 Å². The zero-order chi connectivity index (χ0) is 12.0. The molecule has 1 aliphatic rings. The molecule has 6 heteroatoms. The molecule has 0 amide bonds. The van der Waals surface area contributed by atoms with Gasteiger partial charge in [-0.15, -0.1) is 0 Å². The van der Waals surface area contributed by atoms with Gasteiger partial charge in [-0.1, -0.05) is 0 Å². The van der Waals surface area contributed by atoms with Crippen LogP contribution in [0.5, 0.6) is 0 Å². The third-order valence-corrected chi connectivity index (χ3v) is 4.82. The number of rotatable bonds is 6. The van der Waals surface area contributed by atoms with Gasteiger partial charge < -0.3 is 10.5 Å². The van der Waals surface area contributed by atoms with E-state index in [9.17, 15) is 8.42 Å². The molecule has 0 aliphatic carbocycles. The molecule has 1 aliphatic heterocycles. The van der Waals surface area contributed by atoms with Crippen LogP contribution in [0.15, 0.2) is 0 Å². The summed E-state index contributed by atoms with van der Waals surface area (Å²) in [7, 11) is -3.12. The predicted octanol–water partition coefficient (Wildman–Crippen LogP) is 0.0234. The van der Waals surface area contributed by atoms with Crippen molar-refractivity contribution in [3.8, 4) is 0 Å². The maximum atomic E-state index is 11.9. The zero-order valence-electron chi connectivity index (χ0n) is 9.89. The third kappa shape index (κ3) is 4.01. The van der Waals surface area contributed by atoms with E-state index < -0.39 is 10.0 Å². The van der Waals surface area contributed by atoms with Gasteiger partial charge >= 0.3 is 0 Å². The highest BCUT2D eigenvalue weighted by molar-refractivity contribution is 7.89. The van der Waals surface area contributed by atoms with Crippen molar-refractivity contribution in [1.82, 2.24) is 4.31 Å². The highest BCUT2D eigenvalue weighted by Crippen LogP contribution is 2.18. The molecule has 0 radical (unpaired) electrons. The first-order valence-electron chi connectivity index (χ1n) is 5.85. The van der Waals surface area contributed by atoms with Crippen molar-refractivity contribution in [3.63, 3.8) is 0 Å². The van der Waals surface area contributed by atoms with Gasteiger partial charge in [0, 0.05) is 19.7 Å². The number of ether oxygens (including phenoxy) is 1. The number of hydrogen-bond acceptors (Lipinski definition) is 4. The van der Waals surface area contributed by atoms with E-state index in [1.807, 2.05) is 6.92 Å². The summed E-state index contributed by atoms with van der Waals surface area (Å²) in [5.41, 5.74) is 5.57. The van der Waals surface area contributed by atoms with E-state index >= 15 is 0 Å². The lowest BCUT2D eigenvalue weighted by molar-refractivity contribution is 0.161. The van der Waals surface area contributed by atoms with E-state index in [4.69, 9.17) is 10.5 Å². The molecule has 1 fully saturated rings. The lowest BCUT2D eigenvalue weighted by Gasteiger charge is -2.30. The van der Waals surface area contributed by atoms with Gasteiger partial charge in [0.1, 0.15) is 0 Å². The van der Waals surface area contributed by atoms with Gasteiger partial charge in [0.25, 0.3) is 0 Å². The number of nitrogens with two attached hydrogens (primary N) is 1. The van der Waals surface area contributed by atoms with Crippen LogP contribution in [0.25, 0.3) is 0 Å². The molecule has 16 heavy (non-hydrogen) atoms. The van der Waals surface area contributed by atoms with Crippen LogP contribution in [0.1, 0.15) is 19.8 Å². The summed E-state index contributed by atoms with van der Waals surface area (Å²) in [6, 6.07) is 0. The smallest absolute Gasteiger partial charge is 0.216 e. The maximum Gasteiger partial charge on any atom is 0.216 e. The van der Waals surface area contributed by atoms with E-state index in [1.54, 1.807) is 4.31 Å². The molecule has 0 aromatic heterocycles. The van der Waals surface area contributed by atoms with Crippen LogP contribution >= 0.6 is 0 Å². The number of piperidine rings is 1. The summed E-state index contributed by atoms with van der Waals surface area (Å²) in [6.07, 6.45) is 1.76. The Kier molecular flexibility index (Phi) is 5.68. The van der Waals surface area contributed by atoms with Gasteiger partial charge in [-0.25, -0.2) is 12.7 Å². The van der Waals surface area contributed by atoms with Crippen LogP contribution in [-0.4, -0.2) is 51.3 Å². The maximum absolute atomic E-state index is 11.9. The van der Waals surface area contributed by atoms with Crippen molar-refractivity contribution in [2.75, 3.05) is 38.6 Å². The lowest BCUT2D eigenvalue weighted by Crippen LogP contribution is -2.41. The summed E-state index contributed by atoms with van der Waals surface area (Å²) >= 11 is 0. The minimum atomic E-state index is -3.12. The van der Waals surface area contributed by atoms with Crippen molar-refractivity contribution in [3.05, 3.63) is 0 Å². The van der Waals surface area contributed by atoms with Gasteiger partial charge in [-0.05, 0) is 32.2 Å². The average molecular weight is 250 g/mol. The van der Waals surface area contributed by atoms with E-state index in [1.165, 1.54) is 0 Å². The molecule has 1 heterocycles. The van der Waals surface area contributed by atoms with E-state index in [0.29, 0.717) is 32.2 Å². The summed E-state index contributed by atoms with van der Waals surface area (Å²) in [5, 5.41) is 0. The SMILES string of the molecule is CCOCCS(=O)(=O)N1CCC(CN)CC1. The van der Waals surface area contributed by atoms with Crippen molar-refractivity contribution in [2.24, 2.45) is 11.7 Å². The fourth-order valence-corrected chi connectivity index (χ4v) is 3.21. The van der Waals surface area contributed by atoms with Crippen LogP contribution in [-0.2, 0) is 14.8 Å². The molecule has 2 N–H and O–H groups in total. The Bertz CT molecular complexity index is 284. The summed E-state index contributed by atoms with van der Waals surface area (Å²) in [6.45, 7) is 4.58. The molecule has 96 valence electrons. The second kappa shape index (κ2) is 6.54. The quantitative estimate of drug-likeness (QED) is 0.675. The van der Waals surface area contributed by atoms with Crippen LogP contribution in [0.3, 0.4) is 0 Å². The van der Waals surface area contributed by atoms with Gasteiger partial charge in [0.05, 0.1) is 12.4 Å². The first-order valence-corrected chi connectivity index (χ1v) is 7.46. The molecule has 1 rings (SSSR count). The van der Waals surface area contributed by atoms with Crippen LogP contribution in [0.4, 0.5) is 0 Å². The molecule has 0 spiro atoms. The van der Waals surface area contributed by atoms with E-state index in [0.717, 1.165) is 12.8 Å². The summed E-state index contributed by atoms with van der Waals surface area (Å²) in [5.74, 6) is 0.576. The van der Waals surface area contributed by atoms with E-state index in [2.05, 4.69) is 0 Å². The highest BCUT2D eigenvalue weighted by atomic mass is 32.2. The van der Waals surface area contributed by atoms with Crippen LogP contribution in [0.2, 0.25) is 0 Å². The van der Waals surface area contributed by atoms with Crippen LogP contribution < -0.4 is 5.73 Å². The van der Waals surface area contributed by atoms with Crippen molar-refractivity contribution in [2.45, 2.75) is 19.8 Å². The average Bonchev–Trinajstić information content (AvgIpc) is 2.29. The topological polar surface area (TPSA) is 72.6 Å². The monoisotopic (exact) mass is 250 g/mol. The van der Waals surface area contributed by atoms with Gasteiger partial charge in [0.15, 0.2) is 0 Å². The minimum Gasteiger partial charge on any atom is -0.381 e. The Labute approximate surface area is 98.0 Å². The van der Waals surface area contributed by atoms with Crippen molar-refractivity contribution >= 4 is 10.0 Å². The molecule has 0 bridgehead atoms. The molecular formula is C10H22N2O3S. The van der Waals surface area contributed by atoms with Crippen molar-refractivity contribution < 1.29 is 13.2 Å². The molecular weight excluding hydrogens is 228 g/mol. The summed E-state index contributed by atoms with van der Waals surface area (Å²) in [4.78, 5) is 0. The largest absolute Gasteiger partial charge is 0.381 e. The standard InChI is InChI=1S/C10H22N2O3S/c1-2-15-7-8-16(13,14)12-5-3-10(9-11)4-6-12/h10H,2-9,11H2,1H3. The number of nitrogens with zero attached hydrogens (tertiary/aromatic N) is 1. The normalized spacial score (nSPS) is 20.1. The number of hydrogen-bond donors (Lipinski definition) is 1. The summed E-state index contributed by atoms with van der Waals surface area (Å²) < 4.78 is 30.4. The van der Waals surface area contributed by atoms with Gasteiger partial charge in [-0.2, -0.15) is 0 Å². The molecule has 5 nitrogen and oxygen atoms in total. The van der Waals surface area contributed by atoms with Gasteiger partial charge in [-0.3, -0.25) is 0 Å². The molecule has 0 aromatic carbocycles. The first kappa shape index (κ1) is 13.9. The predicted molar refractivity (Wildman–Crippen MR) is 63.6 cm³/mol. The Balaban J connectivity index is 2.39. The highest BCUT2D eigenvalue weighted by Gasteiger charge is 2.26. The number of sulfonamides is 1. The molecule has 0 atom stereocenters. The third-order valence-electron chi connectivity index (χ3n) is 2.99. The van der Waals surface area contributed by atoms with E-state index in [-0.39, 0.29) is 12.4 Å². The molecule has 0 unspecified atom stereocenters.